The standard InChI is InChI=1S/C17H25F2N/c1-13(2)20-12-17(6-4-3-5-7-17)11-14-8-15(18)10-16(19)9-14/h8-10,13,20H,3-7,11-12H2,1-2H3. The van der Waals surface area contributed by atoms with Gasteiger partial charge in [-0.05, 0) is 42.4 Å². The summed E-state index contributed by atoms with van der Waals surface area (Å²) < 4.78 is 26.7. The quantitative estimate of drug-likeness (QED) is 0.840. The Bertz CT molecular complexity index is 416. The highest BCUT2D eigenvalue weighted by Crippen LogP contribution is 2.39. The van der Waals surface area contributed by atoms with Crippen LogP contribution in [0, 0.1) is 17.0 Å². The lowest BCUT2D eigenvalue weighted by Gasteiger charge is -2.38. The zero-order valence-corrected chi connectivity index (χ0v) is 12.5. The monoisotopic (exact) mass is 281 g/mol. The topological polar surface area (TPSA) is 12.0 Å². The van der Waals surface area contributed by atoms with E-state index in [1.165, 1.54) is 31.4 Å². The van der Waals surface area contributed by atoms with E-state index in [0.717, 1.165) is 37.4 Å². The van der Waals surface area contributed by atoms with Crippen molar-refractivity contribution in [2.24, 2.45) is 5.41 Å². The molecule has 1 fully saturated rings. The molecule has 0 bridgehead atoms. The number of rotatable bonds is 5. The van der Waals surface area contributed by atoms with Crippen LogP contribution in [0.5, 0.6) is 0 Å². The van der Waals surface area contributed by atoms with E-state index in [0.29, 0.717) is 6.04 Å². The summed E-state index contributed by atoms with van der Waals surface area (Å²) in [5, 5.41) is 3.52. The molecule has 0 unspecified atom stereocenters. The maximum absolute atomic E-state index is 13.4. The minimum absolute atomic E-state index is 0.156. The van der Waals surface area contributed by atoms with Crippen molar-refractivity contribution in [2.45, 2.75) is 58.4 Å². The van der Waals surface area contributed by atoms with Crippen molar-refractivity contribution in [1.82, 2.24) is 5.32 Å². The summed E-state index contributed by atoms with van der Waals surface area (Å²) in [6.45, 7) is 5.21. The Balaban J connectivity index is 2.13. The largest absolute Gasteiger partial charge is 0.314 e. The Morgan fingerprint density at radius 1 is 1.05 bits per heavy atom. The van der Waals surface area contributed by atoms with Crippen molar-refractivity contribution in [1.29, 1.82) is 0 Å². The molecule has 0 aromatic heterocycles. The van der Waals surface area contributed by atoms with Gasteiger partial charge >= 0.3 is 0 Å². The average Bonchev–Trinajstić information content (AvgIpc) is 2.36. The van der Waals surface area contributed by atoms with Crippen LogP contribution in [0.2, 0.25) is 0 Å². The van der Waals surface area contributed by atoms with Gasteiger partial charge in [0.25, 0.3) is 0 Å². The SMILES string of the molecule is CC(C)NCC1(Cc2cc(F)cc(F)c2)CCCCC1. The number of hydrogen-bond acceptors (Lipinski definition) is 1. The fraction of sp³-hybridized carbons (Fsp3) is 0.647. The van der Waals surface area contributed by atoms with Crippen LogP contribution in [0.15, 0.2) is 18.2 Å². The van der Waals surface area contributed by atoms with Crippen LogP contribution in [-0.2, 0) is 6.42 Å². The summed E-state index contributed by atoms with van der Waals surface area (Å²) in [6, 6.07) is 4.35. The first kappa shape index (κ1) is 15.4. The van der Waals surface area contributed by atoms with Crippen LogP contribution in [0.4, 0.5) is 8.78 Å². The van der Waals surface area contributed by atoms with Gasteiger partial charge in [-0.2, -0.15) is 0 Å². The third-order valence-electron chi connectivity index (χ3n) is 4.30. The molecule has 112 valence electrons. The van der Waals surface area contributed by atoms with E-state index in [4.69, 9.17) is 0 Å². The van der Waals surface area contributed by atoms with Gasteiger partial charge < -0.3 is 5.32 Å². The van der Waals surface area contributed by atoms with Gasteiger partial charge in [-0.25, -0.2) is 8.78 Å². The average molecular weight is 281 g/mol. The van der Waals surface area contributed by atoms with Crippen LogP contribution in [0.3, 0.4) is 0 Å². The number of halogens is 2. The number of hydrogen-bond donors (Lipinski definition) is 1. The van der Waals surface area contributed by atoms with E-state index < -0.39 is 11.6 Å². The minimum Gasteiger partial charge on any atom is -0.314 e. The number of benzene rings is 1. The van der Waals surface area contributed by atoms with Crippen LogP contribution in [0.25, 0.3) is 0 Å². The normalized spacial score (nSPS) is 18.4. The molecule has 1 nitrogen and oxygen atoms in total. The maximum Gasteiger partial charge on any atom is 0.126 e. The summed E-state index contributed by atoms with van der Waals surface area (Å²) in [4.78, 5) is 0. The molecular formula is C17H25F2N. The molecule has 0 heterocycles. The van der Waals surface area contributed by atoms with Crippen molar-refractivity contribution >= 4 is 0 Å². The van der Waals surface area contributed by atoms with Crippen molar-refractivity contribution < 1.29 is 8.78 Å². The Morgan fingerprint density at radius 2 is 1.65 bits per heavy atom. The second kappa shape index (κ2) is 6.66. The van der Waals surface area contributed by atoms with E-state index in [1.54, 1.807) is 0 Å². The first-order chi connectivity index (χ1) is 9.49. The van der Waals surface area contributed by atoms with Gasteiger partial charge in [-0.3, -0.25) is 0 Å². The summed E-state index contributed by atoms with van der Waals surface area (Å²) in [5.41, 5.74) is 0.943. The Hall–Kier alpha value is -0.960. The Labute approximate surface area is 120 Å². The van der Waals surface area contributed by atoms with E-state index in [1.807, 2.05) is 0 Å². The molecule has 0 radical (unpaired) electrons. The lowest BCUT2D eigenvalue weighted by Crippen LogP contribution is -2.40. The molecular weight excluding hydrogens is 256 g/mol. The molecule has 0 atom stereocenters. The predicted molar refractivity (Wildman–Crippen MR) is 78.7 cm³/mol. The molecule has 0 spiro atoms. The predicted octanol–water partition coefficient (Wildman–Crippen LogP) is 4.46. The highest BCUT2D eigenvalue weighted by atomic mass is 19.1. The zero-order valence-electron chi connectivity index (χ0n) is 12.5. The molecule has 0 aliphatic heterocycles. The summed E-state index contributed by atoms with van der Waals surface area (Å²) in [5.74, 6) is -0.939. The molecule has 1 aliphatic rings. The van der Waals surface area contributed by atoms with Crippen molar-refractivity contribution in [3.05, 3.63) is 35.4 Å². The van der Waals surface area contributed by atoms with Crippen LogP contribution in [0.1, 0.15) is 51.5 Å². The third-order valence-corrected chi connectivity index (χ3v) is 4.30. The van der Waals surface area contributed by atoms with Gasteiger partial charge in [0.05, 0.1) is 0 Å². The third kappa shape index (κ3) is 4.27. The van der Waals surface area contributed by atoms with Gasteiger partial charge in [0, 0.05) is 18.7 Å². The van der Waals surface area contributed by atoms with Crippen molar-refractivity contribution in [3.63, 3.8) is 0 Å². The van der Waals surface area contributed by atoms with Gasteiger partial charge in [0.2, 0.25) is 0 Å². The lowest BCUT2D eigenvalue weighted by molar-refractivity contribution is 0.176. The van der Waals surface area contributed by atoms with E-state index in [2.05, 4.69) is 19.2 Å². The Morgan fingerprint density at radius 3 is 2.20 bits per heavy atom. The fourth-order valence-corrected chi connectivity index (χ4v) is 3.28. The van der Waals surface area contributed by atoms with Gasteiger partial charge in [-0.1, -0.05) is 33.1 Å². The van der Waals surface area contributed by atoms with Crippen LogP contribution in [-0.4, -0.2) is 12.6 Å². The molecule has 1 aromatic rings. The van der Waals surface area contributed by atoms with Gasteiger partial charge in [-0.15, -0.1) is 0 Å². The molecule has 1 aromatic carbocycles. The molecule has 0 amide bonds. The summed E-state index contributed by atoms with van der Waals surface area (Å²) >= 11 is 0. The lowest BCUT2D eigenvalue weighted by atomic mass is 9.70. The van der Waals surface area contributed by atoms with Crippen molar-refractivity contribution in [2.75, 3.05) is 6.54 Å². The molecule has 1 saturated carbocycles. The summed E-state index contributed by atoms with van der Waals surface area (Å²) in [7, 11) is 0. The first-order valence-electron chi connectivity index (χ1n) is 7.67. The highest BCUT2D eigenvalue weighted by Gasteiger charge is 2.32. The van der Waals surface area contributed by atoms with E-state index in [9.17, 15) is 8.78 Å². The molecule has 1 N–H and O–H groups in total. The van der Waals surface area contributed by atoms with E-state index in [-0.39, 0.29) is 5.41 Å². The molecule has 3 heteroatoms. The van der Waals surface area contributed by atoms with Gasteiger partial charge in [0.1, 0.15) is 11.6 Å². The molecule has 0 saturated heterocycles. The second-order valence-electron chi connectivity index (χ2n) is 6.55. The smallest absolute Gasteiger partial charge is 0.126 e. The summed E-state index contributed by atoms with van der Waals surface area (Å²) in [6.07, 6.45) is 6.77. The Kier molecular flexibility index (Phi) is 5.14. The second-order valence-corrected chi connectivity index (χ2v) is 6.55. The molecule has 2 rings (SSSR count). The zero-order chi connectivity index (χ0) is 14.6. The van der Waals surface area contributed by atoms with Crippen molar-refractivity contribution in [3.8, 4) is 0 Å². The fourth-order valence-electron chi connectivity index (χ4n) is 3.28. The highest BCUT2D eigenvalue weighted by molar-refractivity contribution is 5.20. The van der Waals surface area contributed by atoms with Crippen LogP contribution < -0.4 is 5.32 Å². The molecule has 1 aliphatic carbocycles. The minimum atomic E-state index is -0.470. The van der Waals surface area contributed by atoms with Crippen LogP contribution >= 0.6 is 0 Å². The maximum atomic E-state index is 13.4. The van der Waals surface area contributed by atoms with Gasteiger partial charge in [0.15, 0.2) is 0 Å². The molecule has 20 heavy (non-hydrogen) atoms. The first-order valence-corrected chi connectivity index (χ1v) is 7.67. The number of nitrogens with one attached hydrogen (secondary N) is 1. The van der Waals surface area contributed by atoms with E-state index >= 15 is 0 Å².